The first-order valence-electron chi connectivity index (χ1n) is 9.00. The smallest absolute Gasteiger partial charge is 0.269 e. The Hall–Kier alpha value is -3.87. The minimum Gasteiger partial charge on any atom is -0.496 e. The first-order chi connectivity index (χ1) is 14.2. The third-order valence-electron chi connectivity index (χ3n) is 4.20. The molecule has 0 unspecified atom stereocenters. The van der Waals surface area contributed by atoms with Gasteiger partial charge in [-0.2, -0.15) is 5.10 Å². The fourth-order valence-corrected chi connectivity index (χ4v) is 2.63. The van der Waals surface area contributed by atoms with E-state index in [2.05, 4.69) is 10.5 Å². The van der Waals surface area contributed by atoms with Gasteiger partial charge in [-0.05, 0) is 53.6 Å². The lowest BCUT2D eigenvalue weighted by molar-refractivity contribution is -0.384. The molecule has 29 heavy (non-hydrogen) atoms. The summed E-state index contributed by atoms with van der Waals surface area (Å²) < 4.78 is 11.0. The molecule has 0 aliphatic heterocycles. The summed E-state index contributed by atoms with van der Waals surface area (Å²) in [7, 11) is 1.65. The third-order valence-corrected chi connectivity index (χ3v) is 4.20. The molecule has 148 valence electrons. The number of para-hydroxylation sites is 1. The summed E-state index contributed by atoms with van der Waals surface area (Å²) in [6.07, 6.45) is 1.73. The highest BCUT2D eigenvalue weighted by Crippen LogP contribution is 2.17. The SMILES string of the molecule is COc1ccccc1CN/N=C\c1ccc(OCc2ccc([N+](=O)[O-])cc2)cc1. The monoisotopic (exact) mass is 391 g/mol. The van der Waals surface area contributed by atoms with Crippen LogP contribution < -0.4 is 14.9 Å². The Morgan fingerprint density at radius 1 is 1.03 bits per heavy atom. The molecular weight excluding hydrogens is 370 g/mol. The van der Waals surface area contributed by atoms with Gasteiger partial charge in [0, 0.05) is 17.7 Å². The van der Waals surface area contributed by atoms with Crippen LogP contribution in [-0.2, 0) is 13.2 Å². The number of ether oxygens (including phenoxy) is 2. The van der Waals surface area contributed by atoms with E-state index >= 15 is 0 Å². The van der Waals surface area contributed by atoms with E-state index in [-0.39, 0.29) is 5.69 Å². The minimum absolute atomic E-state index is 0.0664. The number of nitro groups is 1. The molecule has 3 rings (SSSR count). The minimum atomic E-state index is -0.421. The molecule has 1 N–H and O–H groups in total. The van der Waals surface area contributed by atoms with Crippen molar-refractivity contribution in [1.82, 2.24) is 5.43 Å². The number of nitrogens with one attached hydrogen (secondary N) is 1. The molecule has 0 saturated heterocycles. The highest BCUT2D eigenvalue weighted by atomic mass is 16.6. The lowest BCUT2D eigenvalue weighted by Gasteiger charge is -2.07. The zero-order chi connectivity index (χ0) is 20.5. The Balaban J connectivity index is 1.48. The van der Waals surface area contributed by atoms with E-state index in [1.165, 1.54) is 12.1 Å². The largest absolute Gasteiger partial charge is 0.496 e. The summed E-state index contributed by atoms with van der Waals surface area (Å²) in [5.41, 5.74) is 5.90. The summed E-state index contributed by atoms with van der Waals surface area (Å²) in [5.74, 6) is 1.53. The number of nitro benzene ring substituents is 1. The van der Waals surface area contributed by atoms with Crippen LogP contribution in [0.2, 0.25) is 0 Å². The molecule has 0 aromatic heterocycles. The molecule has 0 bridgehead atoms. The zero-order valence-corrected chi connectivity index (χ0v) is 15.9. The summed E-state index contributed by atoms with van der Waals surface area (Å²) >= 11 is 0. The van der Waals surface area contributed by atoms with E-state index in [1.54, 1.807) is 25.5 Å². The molecule has 7 nitrogen and oxygen atoms in total. The van der Waals surface area contributed by atoms with Crippen molar-refractivity contribution in [2.75, 3.05) is 7.11 Å². The molecular formula is C22H21N3O4. The summed E-state index contributed by atoms with van der Waals surface area (Å²) in [4.78, 5) is 10.3. The Kier molecular flexibility index (Phi) is 6.78. The van der Waals surface area contributed by atoms with E-state index in [0.717, 1.165) is 22.4 Å². The molecule has 0 aliphatic carbocycles. The summed E-state index contributed by atoms with van der Waals surface area (Å²) in [6, 6.07) is 21.6. The highest BCUT2D eigenvalue weighted by molar-refractivity contribution is 5.79. The molecule has 0 atom stereocenters. The lowest BCUT2D eigenvalue weighted by atomic mass is 10.2. The number of rotatable bonds is 9. The normalized spacial score (nSPS) is 10.7. The average molecular weight is 391 g/mol. The highest BCUT2D eigenvalue weighted by Gasteiger charge is 2.04. The number of hydrogen-bond acceptors (Lipinski definition) is 6. The maximum absolute atomic E-state index is 10.7. The van der Waals surface area contributed by atoms with Gasteiger partial charge in [0.2, 0.25) is 0 Å². The van der Waals surface area contributed by atoms with Crippen molar-refractivity contribution in [2.45, 2.75) is 13.2 Å². The fourth-order valence-electron chi connectivity index (χ4n) is 2.63. The van der Waals surface area contributed by atoms with Gasteiger partial charge in [0.05, 0.1) is 24.8 Å². The molecule has 0 amide bonds. The number of nitrogens with zero attached hydrogens (tertiary/aromatic N) is 2. The molecule has 0 saturated carbocycles. The van der Waals surface area contributed by atoms with Crippen LogP contribution in [0.15, 0.2) is 77.9 Å². The second-order valence-electron chi connectivity index (χ2n) is 6.19. The van der Waals surface area contributed by atoms with Crippen molar-refractivity contribution in [2.24, 2.45) is 5.10 Å². The van der Waals surface area contributed by atoms with Gasteiger partial charge in [-0.25, -0.2) is 0 Å². The Morgan fingerprint density at radius 2 is 1.76 bits per heavy atom. The van der Waals surface area contributed by atoms with E-state index in [9.17, 15) is 10.1 Å². The Labute approximate surface area is 168 Å². The second-order valence-corrected chi connectivity index (χ2v) is 6.19. The maximum Gasteiger partial charge on any atom is 0.269 e. The number of methoxy groups -OCH3 is 1. The van der Waals surface area contributed by atoms with Gasteiger partial charge in [0.15, 0.2) is 0 Å². The second kappa shape index (κ2) is 9.89. The van der Waals surface area contributed by atoms with Crippen LogP contribution in [0.4, 0.5) is 5.69 Å². The van der Waals surface area contributed by atoms with Crippen molar-refractivity contribution in [1.29, 1.82) is 0 Å². The van der Waals surface area contributed by atoms with Gasteiger partial charge in [-0.15, -0.1) is 0 Å². The van der Waals surface area contributed by atoms with E-state index in [4.69, 9.17) is 9.47 Å². The van der Waals surface area contributed by atoms with Gasteiger partial charge in [0.1, 0.15) is 18.1 Å². The quantitative estimate of drug-likeness (QED) is 0.334. The summed E-state index contributed by atoms with van der Waals surface area (Å²) in [6.45, 7) is 0.906. The first kappa shape index (κ1) is 19.9. The van der Waals surface area contributed by atoms with Crippen LogP contribution in [0, 0.1) is 10.1 Å². The van der Waals surface area contributed by atoms with Gasteiger partial charge < -0.3 is 14.9 Å². The van der Waals surface area contributed by atoms with Gasteiger partial charge in [-0.1, -0.05) is 18.2 Å². The third kappa shape index (κ3) is 5.80. The molecule has 0 radical (unpaired) electrons. The zero-order valence-electron chi connectivity index (χ0n) is 15.9. The van der Waals surface area contributed by atoms with Crippen LogP contribution in [-0.4, -0.2) is 18.2 Å². The van der Waals surface area contributed by atoms with Crippen molar-refractivity contribution in [3.8, 4) is 11.5 Å². The average Bonchev–Trinajstić information content (AvgIpc) is 2.76. The van der Waals surface area contributed by atoms with Gasteiger partial charge in [-0.3, -0.25) is 10.1 Å². The van der Waals surface area contributed by atoms with Crippen LogP contribution in [0.3, 0.4) is 0 Å². The number of non-ortho nitro benzene ring substituents is 1. The lowest BCUT2D eigenvalue weighted by Crippen LogP contribution is -2.06. The van der Waals surface area contributed by atoms with Crippen LogP contribution in [0.5, 0.6) is 11.5 Å². The Morgan fingerprint density at radius 3 is 2.45 bits per heavy atom. The summed E-state index contributed by atoms with van der Waals surface area (Å²) in [5, 5.41) is 14.9. The standard InChI is InChI=1S/C22H21N3O4/c1-28-22-5-3-2-4-19(22)15-24-23-14-17-8-12-21(13-9-17)29-16-18-6-10-20(11-7-18)25(26)27/h2-14,24H,15-16H2,1H3/b23-14-. The van der Waals surface area contributed by atoms with Gasteiger partial charge in [0.25, 0.3) is 5.69 Å². The van der Waals surface area contributed by atoms with Crippen molar-refractivity contribution >= 4 is 11.9 Å². The van der Waals surface area contributed by atoms with Gasteiger partial charge >= 0.3 is 0 Å². The number of benzene rings is 3. The molecule has 7 heteroatoms. The Bertz CT molecular complexity index is 970. The topological polar surface area (TPSA) is 86.0 Å². The maximum atomic E-state index is 10.7. The molecule has 0 spiro atoms. The van der Waals surface area contributed by atoms with E-state index in [0.29, 0.717) is 18.9 Å². The van der Waals surface area contributed by atoms with Crippen molar-refractivity contribution in [3.63, 3.8) is 0 Å². The molecule has 3 aromatic rings. The molecule has 0 fully saturated rings. The molecule has 0 aliphatic rings. The predicted octanol–water partition coefficient (Wildman–Crippen LogP) is 4.31. The molecule has 0 heterocycles. The number of hydrogen-bond donors (Lipinski definition) is 1. The molecule has 3 aromatic carbocycles. The van der Waals surface area contributed by atoms with Crippen LogP contribution in [0.1, 0.15) is 16.7 Å². The van der Waals surface area contributed by atoms with Crippen LogP contribution >= 0.6 is 0 Å². The number of hydrazone groups is 1. The predicted molar refractivity (Wildman–Crippen MR) is 111 cm³/mol. The van der Waals surface area contributed by atoms with Crippen molar-refractivity contribution < 1.29 is 14.4 Å². The fraction of sp³-hybridized carbons (Fsp3) is 0.136. The van der Waals surface area contributed by atoms with Crippen LogP contribution in [0.25, 0.3) is 0 Å². The van der Waals surface area contributed by atoms with E-state index in [1.807, 2.05) is 48.5 Å². The van der Waals surface area contributed by atoms with Crippen molar-refractivity contribution in [3.05, 3.63) is 99.6 Å². The first-order valence-corrected chi connectivity index (χ1v) is 9.00. The van der Waals surface area contributed by atoms with E-state index < -0.39 is 4.92 Å².